The summed E-state index contributed by atoms with van der Waals surface area (Å²) in [5.74, 6) is -1.28. The van der Waals surface area contributed by atoms with Crippen LogP contribution in [0.2, 0.25) is 5.02 Å². The van der Waals surface area contributed by atoms with Crippen molar-refractivity contribution in [1.82, 2.24) is 5.32 Å². The van der Waals surface area contributed by atoms with Crippen molar-refractivity contribution >= 4 is 38.9 Å². The Morgan fingerprint density at radius 3 is 2.27 bits per heavy atom. The lowest BCUT2D eigenvalue weighted by Crippen LogP contribution is -2.44. The highest BCUT2D eigenvalue weighted by Crippen LogP contribution is 2.15. The predicted molar refractivity (Wildman–Crippen MR) is 102 cm³/mol. The fourth-order valence-electron chi connectivity index (χ4n) is 2.23. The number of anilines is 1. The molecule has 0 radical (unpaired) electrons. The molecule has 0 unspecified atom stereocenters. The maximum Gasteiger partial charge on any atom is 0.253 e. The minimum absolute atomic E-state index is 0.0479. The van der Waals surface area contributed by atoms with Crippen molar-refractivity contribution < 1.29 is 18.0 Å². The third kappa shape index (κ3) is 6.16. The van der Waals surface area contributed by atoms with Gasteiger partial charge in [-0.05, 0) is 30.7 Å². The summed E-state index contributed by atoms with van der Waals surface area (Å²) < 4.78 is 22.9. The molecule has 0 aliphatic heterocycles. The summed E-state index contributed by atoms with van der Waals surface area (Å²) in [5, 5.41) is 5.48. The van der Waals surface area contributed by atoms with Gasteiger partial charge in [0.25, 0.3) is 5.91 Å². The fraction of sp³-hybridized carbons (Fsp3) is 0.222. The van der Waals surface area contributed by atoms with E-state index < -0.39 is 27.7 Å². The minimum atomic E-state index is -3.29. The standard InChI is InChI=1S/C18H19ClN2O4S/c1-26(24,25)12-11-16(18(23)20-13-7-3-2-4-8-13)21-17(22)14-9-5-6-10-15(14)19/h2-10,16H,11-12H2,1H3,(H,20,23)(H,21,22)/t16-/m1/s1. The zero-order chi connectivity index (χ0) is 19.2. The third-order valence-corrected chi connectivity index (χ3v) is 4.87. The Balaban J connectivity index is 2.16. The van der Waals surface area contributed by atoms with Gasteiger partial charge in [-0.3, -0.25) is 9.59 Å². The van der Waals surface area contributed by atoms with E-state index in [1.165, 1.54) is 6.07 Å². The largest absolute Gasteiger partial charge is 0.340 e. The van der Waals surface area contributed by atoms with Crippen LogP contribution in [-0.2, 0) is 14.6 Å². The van der Waals surface area contributed by atoms with Crippen molar-refractivity contribution in [3.05, 3.63) is 65.2 Å². The molecule has 0 aliphatic carbocycles. The second-order valence-electron chi connectivity index (χ2n) is 5.78. The van der Waals surface area contributed by atoms with Crippen molar-refractivity contribution in [3.63, 3.8) is 0 Å². The van der Waals surface area contributed by atoms with Gasteiger partial charge in [-0.15, -0.1) is 0 Å². The summed E-state index contributed by atoms with van der Waals surface area (Å²) in [5.41, 5.74) is 0.764. The number of hydrogen-bond acceptors (Lipinski definition) is 4. The number of carbonyl (C=O) groups excluding carboxylic acids is 2. The van der Waals surface area contributed by atoms with Crippen LogP contribution in [0.15, 0.2) is 54.6 Å². The molecule has 2 amide bonds. The second-order valence-corrected chi connectivity index (χ2v) is 8.45. The molecule has 0 saturated carbocycles. The molecule has 0 aliphatic rings. The number of amides is 2. The Kier molecular flexibility index (Phi) is 6.76. The van der Waals surface area contributed by atoms with Gasteiger partial charge in [0.05, 0.1) is 16.3 Å². The van der Waals surface area contributed by atoms with Gasteiger partial charge in [0.15, 0.2) is 0 Å². The first-order chi connectivity index (χ1) is 12.3. The van der Waals surface area contributed by atoms with Crippen LogP contribution in [-0.4, -0.2) is 38.3 Å². The molecule has 138 valence electrons. The van der Waals surface area contributed by atoms with Crippen molar-refractivity contribution in [2.75, 3.05) is 17.3 Å². The molecule has 26 heavy (non-hydrogen) atoms. The Hall–Kier alpha value is -2.38. The van der Waals surface area contributed by atoms with Crippen LogP contribution in [0.5, 0.6) is 0 Å². The molecule has 2 N–H and O–H groups in total. The topological polar surface area (TPSA) is 92.3 Å². The lowest BCUT2D eigenvalue weighted by atomic mass is 10.1. The molecule has 8 heteroatoms. The summed E-state index contributed by atoms with van der Waals surface area (Å²) in [7, 11) is -3.29. The normalized spacial score (nSPS) is 12.2. The van der Waals surface area contributed by atoms with Crippen LogP contribution in [0.3, 0.4) is 0 Å². The number of benzene rings is 2. The molecule has 6 nitrogen and oxygen atoms in total. The summed E-state index contributed by atoms with van der Waals surface area (Å²) in [6, 6.07) is 14.1. The van der Waals surface area contributed by atoms with Crippen LogP contribution in [0.4, 0.5) is 5.69 Å². The SMILES string of the molecule is CS(=O)(=O)CC[C@@H](NC(=O)c1ccccc1Cl)C(=O)Nc1ccccc1. The van der Waals surface area contributed by atoms with Gasteiger partial charge in [0.2, 0.25) is 5.91 Å². The molecule has 0 heterocycles. The lowest BCUT2D eigenvalue weighted by molar-refractivity contribution is -0.118. The molecular formula is C18H19ClN2O4S. The zero-order valence-electron chi connectivity index (χ0n) is 14.1. The van der Waals surface area contributed by atoms with Gasteiger partial charge in [0, 0.05) is 11.9 Å². The smallest absolute Gasteiger partial charge is 0.253 e. The number of sulfone groups is 1. The van der Waals surface area contributed by atoms with E-state index in [0.29, 0.717) is 5.69 Å². The first-order valence-electron chi connectivity index (χ1n) is 7.85. The Bertz CT molecular complexity index is 885. The first-order valence-corrected chi connectivity index (χ1v) is 10.3. The van der Waals surface area contributed by atoms with Gasteiger partial charge in [-0.25, -0.2) is 8.42 Å². The van der Waals surface area contributed by atoms with Crippen LogP contribution >= 0.6 is 11.6 Å². The van der Waals surface area contributed by atoms with Crippen molar-refractivity contribution in [1.29, 1.82) is 0 Å². The summed E-state index contributed by atoms with van der Waals surface area (Å²) in [6.07, 6.45) is 1.03. The van der Waals surface area contributed by atoms with E-state index >= 15 is 0 Å². The lowest BCUT2D eigenvalue weighted by Gasteiger charge is -2.18. The van der Waals surface area contributed by atoms with Gasteiger partial charge >= 0.3 is 0 Å². The third-order valence-electron chi connectivity index (χ3n) is 3.56. The summed E-state index contributed by atoms with van der Waals surface area (Å²) in [6.45, 7) is 0. The van der Waals surface area contributed by atoms with E-state index in [9.17, 15) is 18.0 Å². The van der Waals surface area contributed by atoms with E-state index in [2.05, 4.69) is 10.6 Å². The molecule has 0 spiro atoms. The minimum Gasteiger partial charge on any atom is -0.340 e. The second kappa shape index (κ2) is 8.82. The maximum atomic E-state index is 12.5. The molecule has 0 saturated heterocycles. The van der Waals surface area contributed by atoms with Gasteiger partial charge in [-0.1, -0.05) is 41.9 Å². The van der Waals surface area contributed by atoms with Crippen molar-refractivity contribution in [2.45, 2.75) is 12.5 Å². The van der Waals surface area contributed by atoms with Gasteiger partial charge in [0.1, 0.15) is 15.9 Å². The number of carbonyl (C=O) groups is 2. The molecule has 0 fully saturated rings. The number of halogens is 1. The average Bonchev–Trinajstić information content (AvgIpc) is 2.58. The highest BCUT2D eigenvalue weighted by atomic mass is 35.5. The van der Waals surface area contributed by atoms with Gasteiger partial charge in [-0.2, -0.15) is 0 Å². The van der Waals surface area contributed by atoms with Crippen LogP contribution < -0.4 is 10.6 Å². The number of rotatable bonds is 7. The molecular weight excluding hydrogens is 376 g/mol. The van der Waals surface area contributed by atoms with E-state index in [4.69, 9.17) is 11.6 Å². The molecule has 0 aromatic heterocycles. The molecule has 2 rings (SSSR count). The highest BCUT2D eigenvalue weighted by Gasteiger charge is 2.24. The number of para-hydroxylation sites is 1. The van der Waals surface area contributed by atoms with Gasteiger partial charge < -0.3 is 10.6 Å². The Morgan fingerprint density at radius 1 is 1.04 bits per heavy atom. The van der Waals surface area contributed by atoms with E-state index in [0.717, 1.165) is 6.26 Å². The van der Waals surface area contributed by atoms with Crippen LogP contribution in [0.1, 0.15) is 16.8 Å². The maximum absolute atomic E-state index is 12.5. The van der Waals surface area contributed by atoms with Crippen molar-refractivity contribution in [2.24, 2.45) is 0 Å². The zero-order valence-corrected chi connectivity index (χ0v) is 15.7. The molecule has 2 aromatic rings. The van der Waals surface area contributed by atoms with E-state index in [1.54, 1.807) is 48.5 Å². The summed E-state index contributed by atoms with van der Waals surface area (Å²) in [4.78, 5) is 25.0. The number of hydrogen-bond donors (Lipinski definition) is 2. The quantitative estimate of drug-likeness (QED) is 0.754. The van der Waals surface area contributed by atoms with Crippen LogP contribution in [0.25, 0.3) is 0 Å². The monoisotopic (exact) mass is 394 g/mol. The molecule has 1 atom stereocenters. The van der Waals surface area contributed by atoms with Crippen LogP contribution in [0, 0.1) is 0 Å². The molecule has 0 bridgehead atoms. The molecule has 2 aromatic carbocycles. The average molecular weight is 395 g/mol. The highest BCUT2D eigenvalue weighted by molar-refractivity contribution is 7.90. The summed E-state index contributed by atoms with van der Waals surface area (Å²) >= 11 is 6.00. The van der Waals surface area contributed by atoms with E-state index in [-0.39, 0.29) is 22.8 Å². The van der Waals surface area contributed by atoms with Crippen molar-refractivity contribution in [3.8, 4) is 0 Å². The Morgan fingerprint density at radius 2 is 1.65 bits per heavy atom. The number of nitrogens with one attached hydrogen (secondary N) is 2. The predicted octanol–water partition coefficient (Wildman–Crippen LogP) is 2.51. The Labute approximate surface area is 157 Å². The fourth-order valence-corrected chi connectivity index (χ4v) is 3.12. The van der Waals surface area contributed by atoms with E-state index in [1.807, 2.05) is 0 Å². The first kappa shape index (κ1) is 19.9.